The molecular weight excluding hydrogens is 452 g/mol. The number of nitrogens with zero attached hydrogens (tertiary/aromatic N) is 3. The van der Waals surface area contributed by atoms with E-state index in [1.807, 2.05) is 36.1 Å². The second-order valence-electron chi connectivity index (χ2n) is 10.1. The Bertz CT molecular complexity index is 1240. The van der Waals surface area contributed by atoms with Crippen LogP contribution in [0.4, 0.5) is 4.79 Å². The number of H-pyrrole nitrogens is 1. The average Bonchev–Trinajstić information content (AvgIpc) is 3.40. The fourth-order valence-corrected chi connectivity index (χ4v) is 6.02. The van der Waals surface area contributed by atoms with Gasteiger partial charge in [-0.2, -0.15) is 0 Å². The molecule has 0 radical (unpaired) electrons. The number of aromatic amines is 1. The van der Waals surface area contributed by atoms with Crippen LogP contribution >= 0.6 is 0 Å². The van der Waals surface area contributed by atoms with Gasteiger partial charge in [0.2, 0.25) is 0 Å². The second kappa shape index (κ2) is 9.97. The lowest BCUT2D eigenvalue weighted by atomic mass is 9.85. The number of piperidine rings is 1. The van der Waals surface area contributed by atoms with Gasteiger partial charge in [-0.1, -0.05) is 30.3 Å². The molecule has 0 saturated carbocycles. The minimum absolute atomic E-state index is 0.0525. The zero-order chi connectivity index (χ0) is 25.3. The van der Waals surface area contributed by atoms with Crippen LogP contribution in [0.2, 0.25) is 0 Å². The van der Waals surface area contributed by atoms with Crippen molar-refractivity contribution in [2.45, 2.75) is 57.7 Å². The molecular formula is C29H36N4O3. The number of likely N-dealkylation sites (N-methyl/N-ethyl adjacent to an activating group) is 1. The van der Waals surface area contributed by atoms with E-state index < -0.39 is 5.54 Å². The number of benzene rings is 2. The number of ether oxygens (including phenoxy) is 1. The summed E-state index contributed by atoms with van der Waals surface area (Å²) in [6, 6.07) is 16.2. The van der Waals surface area contributed by atoms with Crippen LogP contribution in [0.15, 0.2) is 54.7 Å². The van der Waals surface area contributed by atoms with Crippen LogP contribution in [-0.4, -0.2) is 69.9 Å². The first-order chi connectivity index (χ1) is 17.5. The first-order valence-corrected chi connectivity index (χ1v) is 13.0. The maximum atomic E-state index is 13.7. The van der Waals surface area contributed by atoms with Crippen LogP contribution in [0, 0.1) is 0 Å². The van der Waals surface area contributed by atoms with E-state index in [1.54, 1.807) is 7.11 Å². The van der Waals surface area contributed by atoms with Crippen molar-refractivity contribution in [3.63, 3.8) is 0 Å². The Morgan fingerprint density at radius 3 is 2.61 bits per heavy atom. The van der Waals surface area contributed by atoms with Gasteiger partial charge >= 0.3 is 6.03 Å². The second-order valence-corrected chi connectivity index (χ2v) is 10.1. The van der Waals surface area contributed by atoms with Gasteiger partial charge in [-0.15, -0.1) is 0 Å². The van der Waals surface area contributed by atoms with Gasteiger partial charge in [0.15, 0.2) is 0 Å². The predicted molar refractivity (Wildman–Crippen MR) is 141 cm³/mol. The summed E-state index contributed by atoms with van der Waals surface area (Å²) in [5.41, 5.74) is 2.71. The Labute approximate surface area is 213 Å². The number of likely N-dealkylation sites (tertiary alicyclic amines) is 1. The molecule has 5 rings (SSSR count). The number of urea groups is 1. The van der Waals surface area contributed by atoms with Gasteiger partial charge in [0.05, 0.1) is 13.7 Å². The standard InChI is InChI=1S/C29H36N4O3/c1-4-33-28(35)32(20-22-8-7-9-24(18-22)36-3)27(34)29(33)14-16-31(17-15-29)21(2)12-13-23-19-30-26-11-6-5-10-25(23)26/h5-11,18-19,21,30H,4,12-17,20H2,1-3H3/t21-/m0/s1. The number of amides is 3. The van der Waals surface area contributed by atoms with E-state index in [1.165, 1.54) is 21.4 Å². The topological polar surface area (TPSA) is 68.9 Å². The van der Waals surface area contributed by atoms with Gasteiger partial charge in [-0.25, -0.2) is 4.79 Å². The molecule has 2 aliphatic heterocycles. The summed E-state index contributed by atoms with van der Waals surface area (Å²) in [7, 11) is 1.62. The third-order valence-corrected chi connectivity index (χ3v) is 8.17. The number of aromatic nitrogens is 1. The molecule has 1 spiro atoms. The smallest absolute Gasteiger partial charge is 0.327 e. The van der Waals surface area contributed by atoms with Crippen LogP contribution < -0.4 is 4.74 Å². The van der Waals surface area contributed by atoms with Gasteiger partial charge < -0.3 is 19.5 Å². The van der Waals surface area contributed by atoms with E-state index in [0.29, 0.717) is 25.4 Å². The number of carbonyl (C=O) groups is 2. The van der Waals surface area contributed by atoms with Crippen molar-refractivity contribution in [1.29, 1.82) is 0 Å². The monoisotopic (exact) mass is 488 g/mol. The van der Waals surface area contributed by atoms with Crippen LogP contribution in [0.25, 0.3) is 10.9 Å². The van der Waals surface area contributed by atoms with Gasteiger partial charge in [0, 0.05) is 42.8 Å². The molecule has 0 bridgehead atoms. The number of nitrogens with one attached hydrogen (secondary N) is 1. The maximum absolute atomic E-state index is 13.7. The number of methoxy groups -OCH3 is 1. The number of aryl methyl sites for hydroxylation is 1. The minimum Gasteiger partial charge on any atom is -0.497 e. The maximum Gasteiger partial charge on any atom is 0.327 e. The zero-order valence-electron chi connectivity index (χ0n) is 21.5. The molecule has 2 saturated heterocycles. The Morgan fingerprint density at radius 1 is 1.08 bits per heavy atom. The molecule has 3 amide bonds. The lowest BCUT2D eigenvalue weighted by Crippen LogP contribution is -2.57. The fraction of sp³-hybridized carbons (Fsp3) is 0.448. The summed E-state index contributed by atoms with van der Waals surface area (Å²) < 4.78 is 5.32. The molecule has 190 valence electrons. The molecule has 2 aromatic carbocycles. The first-order valence-electron chi connectivity index (χ1n) is 13.0. The summed E-state index contributed by atoms with van der Waals surface area (Å²) in [5.74, 6) is 0.673. The molecule has 0 aliphatic carbocycles. The SMILES string of the molecule is CCN1C(=O)N(Cc2cccc(OC)c2)C(=O)C12CCN([C@@H](C)CCc1c[nH]c3ccccc13)CC2. The Kier molecular flexibility index (Phi) is 6.75. The minimum atomic E-state index is -0.724. The highest BCUT2D eigenvalue weighted by Gasteiger charge is 2.57. The van der Waals surface area contributed by atoms with Gasteiger partial charge in [-0.3, -0.25) is 9.69 Å². The molecule has 2 fully saturated rings. The van der Waals surface area contributed by atoms with Crippen molar-refractivity contribution in [1.82, 2.24) is 19.7 Å². The van der Waals surface area contributed by atoms with E-state index in [4.69, 9.17) is 4.74 Å². The molecule has 3 aromatic rings. The Balaban J connectivity index is 1.24. The Hall–Kier alpha value is -3.32. The van der Waals surface area contributed by atoms with Gasteiger partial charge in [0.1, 0.15) is 11.3 Å². The average molecular weight is 489 g/mol. The van der Waals surface area contributed by atoms with Crippen molar-refractivity contribution in [2.75, 3.05) is 26.7 Å². The summed E-state index contributed by atoms with van der Waals surface area (Å²) in [5, 5.41) is 1.30. The number of carbonyl (C=O) groups excluding carboxylic acids is 2. The third-order valence-electron chi connectivity index (χ3n) is 8.17. The van der Waals surface area contributed by atoms with E-state index in [0.717, 1.165) is 37.2 Å². The lowest BCUT2D eigenvalue weighted by Gasteiger charge is -2.43. The number of rotatable bonds is 8. The molecule has 7 nitrogen and oxygen atoms in total. The molecule has 3 heterocycles. The van der Waals surface area contributed by atoms with Gasteiger partial charge in [-0.05, 0) is 68.9 Å². The van der Waals surface area contributed by atoms with Crippen LogP contribution in [0.3, 0.4) is 0 Å². The number of imide groups is 1. The molecule has 1 N–H and O–H groups in total. The van der Waals surface area contributed by atoms with Crippen molar-refractivity contribution >= 4 is 22.8 Å². The van der Waals surface area contributed by atoms with Crippen molar-refractivity contribution in [3.05, 3.63) is 65.9 Å². The summed E-state index contributed by atoms with van der Waals surface area (Å²) in [4.78, 5) is 36.1. The molecule has 36 heavy (non-hydrogen) atoms. The van der Waals surface area contributed by atoms with E-state index in [9.17, 15) is 9.59 Å². The van der Waals surface area contributed by atoms with E-state index >= 15 is 0 Å². The highest BCUT2D eigenvalue weighted by molar-refractivity contribution is 6.07. The number of para-hydroxylation sites is 1. The zero-order valence-corrected chi connectivity index (χ0v) is 21.5. The summed E-state index contributed by atoms with van der Waals surface area (Å²) >= 11 is 0. The highest BCUT2D eigenvalue weighted by Crippen LogP contribution is 2.38. The summed E-state index contributed by atoms with van der Waals surface area (Å²) in [6.07, 6.45) is 5.55. The van der Waals surface area contributed by atoms with Crippen LogP contribution in [0.5, 0.6) is 5.75 Å². The third kappa shape index (κ3) is 4.26. The number of hydrogen-bond acceptors (Lipinski definition) is 4. The fourth-order valence-electron chi connectivity index (χ4n) is 6.02. The van der Waals surface area contributed by atoms with Gasteiger partial charge in [0.25, 0.3) is 5.91 Å². The normalized spacial score (nSPS) is 19.0. The predicted octanol–water partition coefficient (Wildman–Crippen LogP) is 4.82. The van der Waals surface area contributed by atoms with E-state index in [-0.39, 0.29) is 18.5 Å². The lowest BCUT2D eigenvalue weighted by molar-refractivity contribution is -0.136. The van der Waals surface area contributed by atoms with Crippen molar-refractivity contribution in [3.8, 4) is 5.75 Å². The molecule has 0 unspecified atom stereocenters. The largest absolute Gasteiger partial charge is 0.497 e. The van der Waals surface area contributed by atoms with Crippen LogP contribution in [0.1, 0.15) is 44.2 Å². The number of hydrogen-bond donors (Lipinski definition) is 1. The highest BCUT2D eigenvalue weighted by atomic mass is 16.5. The quantitative estimate of drug-likeness (QED) is 0.462. The van der Waals surface area contributed by atoms with Crippen LogP contribution in [-0.2, 0) is 17.8 Å². The number of fused-ring (bicyclic) bond motifs is 1. The molecule has 1 atom stereocenters. The van der Waals surface area contributed by atoms with Crippen molar-refractivity contribution in [2.24, 2.45) is 0 Å². The van der Waals surface area contributed by atoms with Crippen molar-refractivity contribution < 1.29 is 14.3 Å². The van der Waals surface area contributed by atoms with E-state index in [2.05, 4.69) is 47.3 Å². The first kappa shape index (κ1) is 24.4. The summed E-state index contributed by atoms with van der Waals surface area (Å²) in [6.45, 7) is 6.70. The molecule has 2 aliphatic rings. The molecule has 7 heteroatoms. The Morgan fingerprint density at radius 2 is 1.86 bits per heavy atom. The molecule has 1 aromatic heterocycles.